The molecule has 4 heterocycles. The van der Waals surface area contributed by atoms with Crippen molar-refractivity contribution >= 4 is 17.2 Å². The molecule has 7 heteroatoms. The quantitative estimate of drug-likeness (QED) is 0.661. The van der Waals surface area contributed by atoms with E-state index in [-0.39, 0.29) is 5.56 Å². The van der Waals surface area contributed by atoms with E-state index in [0.717, 1.165) is 57.2 Å². The lowest BCUT2D eigenvalue weighted by atomic mass is 10.1. The lowest BCUT2D eigenvalue weighted by Gasteiger charge is -2.34. The molecule has 2 aromatic heterocycles. The van der Waals surface area contributed by atoms with Gasteiger partial charge in [-0.2, -0.15) is 0 Å². The van der Waals surface area contributed by atoms with Crippen molar-refractivity contribution in [2.24, 2.45) is 0 Å². The first-order chi connectivity index (χ1) is 14.1. The van der Waals surface area contributed by atoms with Crippen LogP contribution < -0.4 is 10.3 Å². The zero-order valence-electron chi connectivity index (χ0n) is 16.2. The van der Waals surface area contributed by atoms with Crippen molar-refractivity contribution in [1.29, 1.82) is 0 Å². The van der Waals surface area contributed by atoms with Crippen molar-refractivity contribution in [1.82, 2.24) is 19.2 Å². The summed E-state index contributed by atoms with van der Waals surface area (Å²) in [5.41, 5.74) is 4.04. The molecular formula is C22H23ClN4O2. The van der Waals surface area contributed by atoms with Crippen LogP contribution in [0.3, 0.4) is 0 Å². The van der Waals surface area contributed by atoms with E-state index in [9.17, 15) is 4.79 Å². The Morgan fingerprint density at radius 2 is 1.79 bits per heavy atom. The Morgan fingerprint density at radius 3 is 2.62 bits per heavy atom. The Kier molecular flexibility index (Phi) is 4.99. The van der Waals surface area contributed by atoms with Gasteiger partial charge in [0.2, 0.25) is 0 Å². The molecule has 0 atom stereocenters. The topological polar surface area (TPSA) is 50.1 Å². The monoisotopic (exact) mass is 410 g/mol. The van der Waals surface area contributed by atoms with E-state index < -0.39 is 0 Å². The van der Waals surface area contributed by atoms with Crippen LogP contribution in [-0.2, 0) is 19.5 Å². The molecule has 0 spiro atoms. The number of piperazine rings is 1. The molecule has 2 aliphatic rings. The lowest BCUT2D eigenvalue weighted by Crippen LogP contribution is -2.45. The molecule has 0 N–H and O–H groups in total. The Labute approximate surface area is 174 Å². The highest BCUT2D eigenvalue weighted by molar-refractivity contribution is 6.30. The van der Waals surface area contributed by atoms with Gasteiger partial charge < -0.3 is 4.74 Å². The van der Waals surface area contributed by atoms with Crippen LogP contribution in [0.5, 0.6) is 5.75 Å². The van der Waals surface area contributed by atoms with Crippen LogP contribution >= 0.6 is 11.6 Å². The average molecular weight is 411 g/mol. The first kappa shape index (κ1) is 18.6. The van der Waals surface area contributed by atoms with Gasteiger partial charge in [-0.1, -0.05) is 23.7 Å². The number of rotatable bonds is 4. The second kappa shape index (κ2) is 7.78. The van der Waals surface area contributed by atoms with Crippen molar-refractivity contribution < 1.29 is 4.74 Å². The molecule has 0 bridgehead atoms. The summed E-state index contributed by atoms with van der Waals surface area (Å²) in [6.45, 7) is 6.42. The fourth-order valence-electron chi connectivity index (χ4n) is 4.14. The second-order valence-corrected chi connectivity index (χ2v) is 8.19. The molecule has 1 fully saturated rings. The number of hydrogen-bond donors (Lipinski definition) is 0. The number of halogens is 1. The van der Waals surface area contributed by atoms with Gasteiger partial charge in [-0.15, -0.1) is 0 Å². The van der Waals surface area contributed by atoms with Gasteiger partial charge in [0.25, 0.3) is 5.56 Å². The molecule has 0 saturated carbocycles. The van der Waals surface area contributed by atoms with Crippen molar-refractivity contribution in [2.45, 2.75) is 19.5 Å². The van der Waals surface area contributed by atoms with Gasteiger partial charge in [-0.05, 0) is 29.3 Å². The Balaban J connectivity index is 1.20. The van der Waals surface area contributed by atoms with E-state index >= 15 is 0 Å². The molecule has 29 heavy (non-hydrogen) atoms. The Hall–Kier alpha value is -2.41. The number of nitrogens with zero attached hydrogens (tertiary/aromatic N) is 4. The third kappa shape index (κ3) is 4.01. The van der Waals surface area contributed by atoms with Gasteiger partial charge in [-0.3, -0.25) is 19.0 Å². The fraction of sp³-hybridized carbons (Fsp3) is 0.364. The zero-order valence-corrected chi connectivity index (χ0v) is 16.9. The Bertz CT molecular complexity index is 1110. The van der Waals surface area contributed by atoms with Crippen LogP contribution in [0.2, 0.25) is 5.02 Å². The molecule has 1 aromatic carbocycles. The third-order valence-electron chi connectivity index (χ3n) is 5.69. The van der Waals surface area contributed by atoms with Gasteiger partial charge in [-0.25, -0.2) is 4.98 Å². The molecule has 0 unspecified atom stereocenters. The van der Waals surface area contributed by atoms with E-state index in [4.69, 9.17) is 16.3 Å². The first-order valence-corrected chi connectivity index (χ1v) is 10.4. The van der Waals surface area contributed by atoms with E-state index in [1.165, 1.54) is 15.5 Å². The molecule has 5 rings (SSSR count). The first-order valence-electron chi connectivity index (χ1n) is 10.0. The van der Waals surface area contributed by atoms with E-state index in [1.807, 2.05) is 0 Å². The summed E-state index contributed by atoms with van der Waals surface area (Å²) in [6, 6.07) is 11.7. The highest BCUT2D eigenvalue weighted by atomic mass is 35.5. The summed E-state index contributed by atoms with van der Waals surface area (Å²) in [7, 11) is 0. The third-order valence-corrected chi connectivity index (χ3v) is 5.91. The molecule has 6 nitrogen and oxygen atoms in total. The van der Waals surface area contributed by atoms with Gasteiger partial charge >= 0.3 is 0 Å². The maximum Gasteiger partial charge on any atom is 0.258 e. The van der Waals surface area contributed by atoms with Crippen LogP contribution in [-0.4, -0.2) is 52.0 Å². The SMILES string of the molecule is O=c1cc(CN2CCN(Cc3ccc4c(c3)CCO4)CC2)nc2ccc(Cl)cn12. The maximum atomic E-state index is 12.4. The lowest BCUT2D eigenvalue weighted by molar-refractivity contribution is 0.121. The van der Waals surface area contributed by atoms with E-state index in [0.29, 0.717) is 17.2 Å². The van der Waals surface area contributed by atoms with Gasteiger partial charge in [0.15, 0.2) is 0 Å². The minimum absolute atomic E-state index is 0.0910. The number of benzene rings is 1. The van der Waals surface area contributed by atoms with Crippen LogP contribution in [0.15, 0.2) is 47.4 Å². The van der Waals surface area contributed by atoms with Gasteiger partial charge in [0, 0.05) is 58.0 Å². The molecule has 0 aliphatic carbocycles. The summed E-state index contributed by atoms with van der Waals surface area (Å²) in [5, 5.41) is 0.529. The molecule has 2 aliphatic heterocycles. The molecular weight excluding hydrogens is 388 g/mol. The molecule has 0 radical (unpaired) electrons. The van der Waals surface area contributed by atoms with Gasteiger partial charge in [0.05, 0.1) is 17.3 Å². The maximum absolute atomic E-state index is 12.4. The summed E-state index contributed by atoms with van der Waals surface area (Å²) in [6.07, 6.45) is 2.63. The average Bonchev–Trinajstić information content (AvgIpc) is 3.18. The predicted octanol–water partition coefficient (Wildman–Crippen LogP) is 2.60. The van der Waals surface area contributed by atoms with Crippen LogP contribution in [0, 0.1) is 0 Å². The largest absolute Gasteiger partial charge is 0.493 e. The minimum Gasteiger partial charge on any atom is -0.493 e. The van der Waals surface area contributed by atoms with Crippen molar-refractivity contribution in [3.63, 3.8) is 0 Å². The van der Waals surface area contributed by atoms with Crippen molar-refractivity contribution in [3.05, 3.63) is 74.8 Å². The summed E-state index contributed by atoms with van der Waals surface area (Å²) in [5.74, 6) is 1.04. The van der Waals surface area contributed by atoms with E-state index in [1.54, 1.807) is 24.4 Å². The van der Waals surface area contributed by atoms with E-state index in [2.05, 4.69) is 33.0 Å². The van der Waals surface area contributed by atoms with Crippen LogP contribution in [0.25, 0.3) is 5.65 Å². The minimum atomic E-state index is -0.0910. The summed E-state index contributed by atoms with van der Waals surface area (Å²) < 4.78 is 7.09. The normalized spacial score (nSPS) is 17.4. The predicted molar refractivity (Wildman–Crippen MR) is 113 cm³/mol. The summed E-state index contributed by atoms with van der Waals surface area (Å²) in [4.78, 5) is 21.8. The molecule has 150 valence electrons. The molecule has 3 aromatic rings. The smallest absolute Gasteiger partial charge is 0.258 e. The van der Waals surface area contributed by atoms with Crippen LogP contribution in [0.1, 0.15) is 16.8 Å². The Morgan fingerprint density at radius 1 is 1.00 bits per heavy atom. The second-order valence-electron chi connectivity index (χ2n) is 7.75. The number of pyridine rings is 1. The standard InChI is InChI=1S/C22H23ClN4O2/c23-18-2-4-21-24-19(12-22(28)27(21)14-18)15-26-8-6-25(7-9-26)13-16-1-3-20-17(11-16)5-10-29-20/h1-4,11-12,14H,5-10,13,15H2. The van der Waals surface area contributed by atoms with Crippen molar-refractivity contribution in [3.8, 4) is 5.75 Å². The number of ether oxygens (including phenoxy) is 1. The molecule has 0 amide bonds. The van der Waals surface area contributed by atoms with Gasteiger partial charge in [0.1, 0.15) is 11.4 Å². The number of hydrogen-bond acceptors (Lipinski definition) is 5. The number of fused-ring (bicyclic) bond motifs is 2. The number of aromatic nitrogens is 2. The fourth-order valence-corrected chi connectivity index (χ4v) is 4.30. The van der Waals surface area contributed by atoms with Crippen molar-refractivity contribution in [2.75, 3.05) is 32.8 Å². The molecule has 1 saturated heterocycles. The summed E-state index contributed by atoms with van der Waals surface area (Å²) >= 11 is 5.98. The highest BCUT2D eigenvalue weighted by Crippen LogP contribution is 2.26. The highest BCUT2D eigenvalue weighted by Gasteiger charge is 2.19. The van der Waals surface area contributed by atoms with Crippen LogP contribution in [0.4, 0.5) is 0 Å². The zero-order chi connectivity index (χ0) is 19.8.